The number of ether oxygens (including phenoxy) is 1. The third-order valence-corrected chi connectivity index (χ3v) is 6.34. The van der Waals surface area contributed by atoms with E-state index in [1.165, 1.54) is 11.3 Å². The SMILES string of the molecule is CN(C)c1ccc(NC(=O)CCCCl)cc1CN(C[C@H]1CCCO1)C(=O)c1cccs1. The Hall–Kier alpha value is -2.09. The molecule has 0 aliphatic carbocycles. The van der Waals surface area contributed by atoms with Crippen LogP contribution in [-0.4, -0.2) is 55.9 Å². The van der Waals surface area contributed by atoms with Gasteiger partial charge in [-0.25, -0.2) is 0 Å². The zero-order chi connectivity index (χ0) is 22.2. The number of hydrogen-bond acceptors (Lipinski definition) is 5. The van der Waals surface area contributed by atoms with Gasteiger partial charge in [0.1, 0.15) is 0 Å². The van der Waals surface area contributed by atoms with Crippen molar-refractivity contribution >= 4 is 46.1 Å². The van der Waals surface area contributed by atoms with E-state index in [2.05, 4.69) is 5.32 Å². The third kappa shape index (κ3) is 6.69. The lowest BCUT2D eigenvalue weighted by atomic mass is 10.1. The highest BCUT2D eigenvalue weighted by atomic mass is 35.5. The second-order valence-electron chi connectivity index (χ2n) is 7.88. The number of nitrogens with one attached hydrogen (secondary N) is 1. The van der Waals surface area contributed by atoms with E-state index in [1.807, 2.05) is 59.6 Å². The molecule has 2 amide bonds. The van der Waals surface area contributed by atoms with Crippen LogP contribution in [0.2, 0.25) is 0 Å². The van der Waals surface area contributed by atoms with Crippen molar-refractivity contribution in [3.8, 4) is 0 Å². The van der Waals surface area contributed by atoms with Crippen LogP contribution in [0.1, 0.15) is 40.9 Å². The molecule has 1 saturated heterocycles. The first-order chi connectivity index (χ1) is 15.0. The molecule has 0 saturated carbocycles. The van der Waals surface area contributed by atoms with Gasteiger partial charge in [-0.2, -0.15) is 0 Å². The molecule has 0 radical (unpaired) electrons. The summed E-state index contributed by atoms with van der Waals surface area (Å²) in [6.07, 6.45) is 3.07. The fraction of sp³-hybridized carbons (Fsp3) is 0.478. The number of anilines is 2. The van der Waals surface area contributed by atoms with Crippen LogP contribution in [0.4, 0.5) is 11.4 Å². The molecule has 168 valence electrons. The Morgan fingerprint density at radius 2 is 2.13 bits per heavy atom. The maximum Gasteiger partial charge on any atom is 0.264 e. The number of halogens is 1. The van der Waals surface area contributed by atoms with E-state index in [0.29, 0.717) is 31.8 Å². The number of alkyl halides is 1. The molecule has 2 aromatic rings. The van der Waals surface area contributed by atoms with Crippen LogP contribution < -0.4 is 10.2 Å². The van der Waals surface area contributed by atoms with E-state index >= 15 is 0 Å². The maximum absolute atomic E-state index is 13.2. The van der Waals surface area contributed by atoms with Gasteiger partial charge < -0.3 is 19.9 Å². The fourth-order valence-corrected chi connectivity index (χ4v) is 4.52. The molecule has 6 nitrogen and oxygen atoms in total. The fourth-order valence-electron chi connectivity index (χ4n) is 3.69. The second-order valence-corrected chi connectivity index (χ2v) is 9.20. The number of carbonyl (C=O) groups is 2. The molecule has 1 aromatic heterocycles. The van der Waals surface area contributed by atoms with Crippen molar-refractivity contribution in [3.05, 3.63) is 46.2 Å². The Morgan fingerprint density at radius 3 is 2.77 bits per heavy atom. The molecular formula is C23H30ClN3O3S. The van der Waals surface area contributed by atoms with Crippen molar-refractivity contribution in [1.29, 1.82) is 0 Å². The predicted molar refractivity (Wildman–Crippen MR) is 127 cm³/mol. The van der Waals surface area contributed by atoms with E-state index in [4.69, 9.17) is 16.3 Å². The third-order valence-electron chi connectivity index (χ3n) is 5.21. The van der Waals surface area contributed by atoms with Crippen molar-refractivity contribution in [2.24, 2.45) is 0 Å². The number of nitrogens with zero attached hydrogens (tertiary/aromatic N) is 2. The van der Waals surface area contributed by atoms with Gasteiger partial charge in [-0.05, 0) is 54.5 Å². The van der Waals surface area contributed by atoms with E-state index < -0.39 is 0 Å². The highest BCUT2D eigenvalue weighted by Crippen LogP contribution is 2.27. The number of thiophene rings is 1. The average Bonchev–Trinajstić information content (AvgIpc) is 3.45. The van der Waals surface area contributed by atoms with Crippen LogP contribution >= 0.6 is 22.9 Å². The summed E-state index contributed by atoms with van der Waals surface area (Å²) in [4.78, 5) is 30.0. The minimum absolute atomic E-state index is 0.00626. The number of hydrogen-bond donors (Lipinski definition) is 1. The molecule has 3 rings (SSSR count). The molecule has 1 atom stereocenters. The Morgan fingerprint density at radius 1 is 1.29 bits per heavy atom. The predicted octanol–water partition coefficient (Wildman–Crippen LogP) is 4.59. The summed E-state index contributed by atoms with van der Waals surface area (Å²) in [5.41, 5.74) is 2.71. The zero-order valence-corrected chi connectivity index (χ0v) is 19.7. The molecular weight excluding hydrogens is 434 g/mol. The van der Waals surface area contributed by atoms with Crippen molar-refractivity contribution < 1.29 is 14.3 Å². The lowest BCUT2D eigenvalue weighted by molar-refractivity contribution is -0.116. The van der Waals surface area contributed by atoms with Gasteiger partial charge in [0.15, 0.2) is 0 Å². The molecule has 1 N–H and O–H groups in total. The number of rotatable bonds is 10. The molecule has 1 aliphatic rings. The molecule has 1 aliphatic heterocycles. The zero-order valence-electron chi connectivity index (χ0n) is 18.1. The number of carbonyl (C=O) groups excluding carboxylic acids is 2. The summed E-state index contributed by atoms with van der Waals surface area (Å²) in [7, 11) is 3.95. The number of amides is 2. The maximum atomic E-state index is 13.2. The first-order valence-electron chi connectivity index (χ1n) is 10.6. The Balaban J connectivity index is 1.84. The average molecular weight is 464 g/mol. The van der Waals surface area contributed by atoms with Crippen molar-refractivity contribution in [1.82, 2.24) is 4.90 Å². The quantitative estimate of drug-likeness (QED) is 0.523. The minimum atomic E-state index is -0.0601. The molecule has 1 aromatic carbocycles. The Kier molecular flexibility index (Phi) is 8.75. The topological polar surface area (TPSA) is 61.9 Å². The van der Waals surface area contributed by atoms with Crippen molar-refractivity contribution in [2.75, 3.05) is 43.3 Å². The first kappa shape index (κ1) is 23.6. The van der Waals surface area contributed by atoms with Gasteiger partial charge >= 0.3 is 0 Å². The Bertz CT molecular complexity index is 867. The normalized spacial score (nSPS) is 15.6. The van der Waals surface area contributed by atoms with Crippen molar-refractivity contribution in [3.63, 3.8) is 0 Å². The largest absolute Gasteiger partial charge is 0.377 e. The summed E-state index contributed by atoms with van der Waals surface area (Å²) in [6, 6.07) is 9.58. The van der Waals surface area contributed by atoms with Crippen LogP contribution in [0.25, 0.3) is 0 Å². The van der Waals surface area contributed by atoms with E-state index in [0.717, 1.165) is 41.3 Å². The van der Waals surface area contributed by atoms with Gasteiger partial charge in [-0.3, -0.25) is 9.59 Å². The highest BCUT2D eigenvalue weighted by Gasteiger charge is 2.25. The van der Waals surface area contributed by atoms with Gasteiger partial charge in [-0.1, -0.05) is 6.07 Å². The van der Waals surface area contributed by atoms with Gasteiger partial charge in [0.2, 0.25) is 5.91 Å². The van der Waals surface area contributed by atoms with E-state index in [9.17, 15) is 9.59 Å². The van der Waals surface area contributed by atoms with Gasteiger partial charge in [0.25, 0.3) is 5.91 Å². The van der Waals surface area contributed by atoms with Gasteiger partial charge in [0, 0.05) is 57.5 Å². The lowest BCUT2D eigenvalue weighted by Gasteiger charge is -2.28. The summed E-state index contributed by atoms with van der Waals surface area (Å²) in [5, 5.41) is 4.86. The summed E-state index contributed by atoms with van der Waals surface area (Å²) in [6.45, 7) is 1.74. The molecule has 2 heterocycles. The van der Waals surface area contributed by atoms with Crippen LogP contribution in [0.3, 0.4) is 0 Å². The summed E-state index contributed by atoms with van der Waals surface area (Å²) in [5.74, 6) is 0.406. The van der Waals surface area contributed by atoms with Gasteiger partial charge in [-0.15, -0.1) is 22.9 Å². The highest BCUT2D eigenvalue weighted by molar-refractivity contribution is 7.12. The molecule has 31 heavy (non-hydrogen) atoms. The number of benzene rings is 1. The van der Waals surface area contributed by atoms with Crippen LogP contribution in [0, 0.1) is 0 Å². The summed E-state index contributed by atoms with van der Waals surface area (Å²) < 4.78 is 5.81. The minimum Gasteiger partial charge on any atom is -0.377 e. The Labute approximate surface area is 193 Å². The van der Waals surface area contributed by atoms with Crippen LogP contribution in [0.15, 0.2) is 35.7 Å². The summed E-state index contributed by atoms with van der Waals surface area (Å²) >= 11 is 7.14. The van der Waals surface area contributed by atoms with Crippen LogP contribution in [-0.2, 0) is 16.1 Å². The van der Waals surface area contributed by atoms with Crippen LogP contribution in [0.5, 0.6) is 0 Å². The van der Waals surface area contributed by atoms with Gasteiger partial charge in [0.05, 0.1) is 11.0 Å². The van der Waals surface area contributed by atoms with Crippen molar-refractivity contribution in [2.45, 2.75) is 38.3 Å². The monoisotopic (exact) mass is 463 g/mol. The molecule has 1 fully saturated rings. The lowest BCUT2D eigenvalue weighted by Crippen LogP contribution is -2.37. The second kappa shape index (κ2) is 11.5. The molecule has 0 spiro atoms. The van der Waals surface area contributed by atoms with E-state index in [-0.39, 0.29) is 17.9 Å². The van der Waals surface area contributed by atoms with E-state index in [1.54, 1.807) is 0 Å². The smallest absolute Gasteiger partial charge is 0.264 e. The molecule has 0 unspecified atom stereocenters. The standard InChI is InChI=1S/C23H30ClN3O3S/c1-26(2)20-10-9-18(25-22(28)8-3-11-24)14-17(20)15-27(16-19-6-4-12-30-19)23(29)21-7-5-13-31-21/h5,7,9-10,13-14,19H,3-4,6,8,11-12,15-16H2,1-2H3,(H,25,28)/t19-/m1/s1. The molecule has 8 heteroatoms. The first-order valence-corrected chi connectivity index (χ1v) is 12.0. The molecule has 0 bridgehead atoms.